The number of carbonyl (C=O) groups is 1. The van der Waals surface area contributed by atoms with E-state index in [4.69, 9.17) is 9.47 Å². The summed E-state index contributed by atoms with van der Waals surface area (Å²) in [4.78, 5) is 11.2. The highest BCUT2D eigenvalue weighted by Crippen LogP contribution is 2.38. The van der Waals surface area contributed by atoms with Gasteiger partial charge < -0.3 is 9.47 Å². The highest BCUT2D eigenvalue weighted by atomic mass is 79.9. The number of hydrogen-bond donors (Lipinski definition) is 0. The van der Waals surface area contributed by atoms with Crippen LogP contribution in [0.25, 0.3) is 0 Å². The Morgan fingerprint density at radius 1 is 1.47 bits per heavy atom. The minimum absolute atomic E-state index is 0.000694. The van der Waals surface area contributed by atoms with Crippen LogP contribution in [0.4, 0.5) is 4.39 Å². The van der Waals surface area contributed by atoms with E-state index in [0.717, 1.165) is 0 Å². The lowest BCUT2D eigenvalue weighted by atomic mass is 10.1. The lowest BCUT2D eigenvalue weighted by Crippen LogP contribution is -2.17. The molecule has 0 unspecified atom stereocenters. The molecule has 0 bridgehead atoms. The first kappa shape index (κ1) is 10.4. The molecule has 0 N–H and O–H groups in total. The summed E-state index contributed by atoms with van der Waals surface area (Å²) in [6.45, 7) is 1.99. The van der Waals surface area contributed by atoms with Crippen LogP contribution in [0.1, 0.15) is 17.3 Å². The molecular weight excluding hydrogens is 267 g/mol. The maximum atomic E-state index is 13.8. The molecule has 0 radical (unpaired) electrons. The number of Topliss-reactive ketones (excluding diaryl/α,β-unsaturated/α-hetero) is 1. The highest BCUT2D eigenvalue weighted by Gasteiger charge is 2.24. The second kappa shape index (κ2) is 3.81. The Morgan fingerprint density at radius 3 is 2.80 bits per heavy atom. The molecule has 5 heteroatoms. The molecule has 0 saturated heterocycles. The summed E-state index contributed by atoms with van der Waals surface area (Å²) in [5.74, 6) is -0.659. The van der Waals surface area contributed by atoms with E-state index in [1.54, 1.807) is 6.07 Å². The lowest BCUT2D eigenvalue weighted by molar-refractivity contribution is 0.101. The Kier molecular flexibility index (Phi) is 2.65. The van der Waals surface area contributed by atoms with E-state index in [2.05, 4.69) is 15.9 Å². The predicted octanol–water partition coefficient (Wildman–Crippen LogP) is 2.56. The van der Waals surface area contributed by atoms with E-state index in [1.807, 2.05) is 0 Å². The maximum Gasteiger partial charge on any atom is 0.198 e. The van der Waals surface area contributed by atoms with Crippen molar-refractivity contribution in [3.63, 3.8) is 0 Å². The SMILES string of the molecule is CC(=O)c1c(Br)cc2c(c1F)OCCO2. The van der Waals surface area contributed by atoms with Crippen LogP contribution in [-0.2, 0) is 0 Å². The summed E-state index contributed by atoms with van der Waals surface area (Å²) in [5.41, 5.74) is -0.000694. The van der Waals surface area contributed by atoms with E-state index in [0.29, 0.717) is 23.4 Å². The molecule has 0 atom stereocenters. The van der Waals surface area contributed by atoms with Crippen LogP contribution in [0.3, 0.4) is 0 Å². The van der Waals surface area contributed by atoms with Gasteiger partial charge in [0.15, 0.2) is 23.1 Å². The highest BCUT2D eigenvalue weighted by molar-refractivity contribution is 9.10. The topological polar surface area (TPSA) is 35.5 Å². The fraction of sp³-hybridized carbons (Fsp3) is 0.300. The van der Waals surface area contributed by atoms with Crippen molar-refractivity contribution < 1.29 is 18.7 Å². The fourth-order valence-electron chi connectivity index (χ4n) is 1.44. The first-order valence-corrected chi connectivity index (χ1v) is 5.19. The van der Waals surface area contributed by atoms with Crippen LogP contribution in [0.2, 0.25) is 0 Å². The standard InChI is InChI=1S/C10H8BrFO3/c1-5(13)8-6(11)4-7-10(9(8)12)15-3-2-14-7/h4H,2-3H2,1H3. The second-order valence-electron chi connectivity index (χ2n) is 3.13. The van der Waals surface area contributed by atoms with E-state index in [9.17, 15) is 9.18 Å². The summed E-state index contributed by atoms with van der Waals surface area (Å²) < 4.78 is 24.5. The minimum atomic E-state index is -0.661. The number of carbonyl (C=O) groups excluding carboxylic acids is 1. The molecule has 1 aromatic rings. The van der Waals surface area contributed by atoms with Crippen molar-refractivity contribution in [1.82, 2.24) is 0 Å². The third kappa shape index (κ3) is 1.71. The second-order valence-corrected chi connectivity index (χ2v) is 3.98. The van der Waals surface area contributed by atoms with Gasteiger partial charge in [-0.05, 0) is 28.9 Å². The van der Waals surface area contributed by atoms with Gasteiger partial charge in [0, 0.05) is 4.47 Å². The van der Waals surface area contributed by atoms with Crippen molar-refractivity contribution in [3.8, 4) is 11.5 Å². The third-order valence-corrected chi connectivity index (χ3v) is 2.70. The smallest absolute Gasteiger partial charge is 0.198 e. The van der Waals surface area contributed by atoms with Gasteiger partial charge in [0.2, 0.25) is 0 Å². The van der Waals surface area contributed by atoms with Crippen molar-refractivity contribution in [1.29, 1.82) is 0 Å². The number of benzene rings is 1. The third-order valence-electron chi connectivity index (χ3n) is 2.08. The summed E-state index contributed by atoms with van der Waals surface area (Å²) >= 11 is 3.13. The monoisotopic (exact) mass is 274 g/mol. The molecule has 3 nitrogen and oxygen atoms in total. The first-order chi connectivity index (χ1) is 7.11. The van der Waals surface area contributed by atoms with Crippen LogP contribution in [0.15, 0.2) is 10.5 Å². The van der Waals surface area contributed by atoms with Crippen LogP contribution < -0.4 is 9.47 Å². The summed E-state index contributed by atoms with van der Waals surface area (Å²) in [7, 11) is 0. The van der Waals surface area contributed by atoms with Crippen molar-refractivity contribution in [2.45, 2.75) is 6.92 Å². The summed E-state index contributed by atoms with van der Waals surface area (Å²) in [6, 6.07) is 1.55. The molecule has 1 aliphatic heterocycles. The number of ether oxygens (including phenoxy) is 2. The molecule has 0 saturated carbocycles. The van der Waals surface area contributed by atoms with E-state index in [1.165, 1.54) is 6.92 Å². The quantitative estimate of drug-likeness (QED) is 0.739. The van der Waals surface area contributed by atoms with Gasteiger partial charge in [-0.3, -0.25) is 4.79 Å². The average molecular weight is 275 g/mol. The zero-order valence-corrected chi connectivity index (χ0v) is 9.56. The molecule has 1 aliphatic rings. The lowest BCUT2D eigenvalue weighted by Gasteiger charge is -2.20. The molecule has 1 heterocycles. The van der Waals surface area contributed by atoms with Crippen LogP contribution >= 0.6 is 15.9 Å². The Labute approximate surface area is 94.3 Å². The number of halogens is 2. The Balaban J connectivity index is 2.64. The largest absolute Gasteiger partial charge is 0.486 e. The zero-order chi connectivity index (χ0) is 11.0. The van der Waals surface area contributed by atoms with Crippen molar-refractivity contribution in [3.05, 3.63) is 21.9 Å². The normalized spacial score (nSPS) is 13.8. The predicted molar refractivity (Wildman–Crippen MR) is 55.1 cm³/mol. The van der Waals surface area contributed by atoms with Gasteiger partial charge in [-0.1, -0.05) is 0 Å². The molecular formula is C10H8BrFO3. The molecule has 15 heavy (non-hydrogen) atoms. The fourth-order valence-corrected chi connectivity index (χ4v) is 2.10. The van der Waals surface area contributed by atoms with Crippen LogP contribution in [0, 0.1) is 5.82 Å². The first-order valence-electron chi connectivity index (χ1n) is 4.40. The van der Waals surface area contributed by atoms with Crippen LogP contribution in [-0.4, -0.2) is 19.0 Å². The van der Waals surface area contributed by atoms with Crippen LogP contribution in [0.5, 0.6) is 11.5 Å². The van der Waals surface area contributed by atoms with Crippen molar-refractivity contribution in [2.75, 3.05) is 13.2 Å². The molecule has 0 spiro atoms. The maximum absolute atomic E-state index is 13.8. The Morgan fingerprint density at radius 2 is 2.13 bits per heavy atom. The molecule has 0 amide bonds. The molecule has 2 rings (SSSR count). The molecule has 0 aromatic heterocycles. The Hall–Kier alpha value is -1.10. The van der Waals surface area contributed by atoms with Gasteiger partial charge in [0.25, 0.3) is 0 Å². The number of ketones is 1. The number of fused-ring (bicyclic) bond motifs is 1. The van der Waals surface area contributed by atoms with Gasteiger partial charge >= 0.3 is 0 Å². The average Bonchev–Trinajstić information content (AvgIpc) is 2.17. The van der Waals surface area contributed by atoms with Gasteiger partial charge in [0.05, 0.1) is 5.56 Å². The van der Waals surface area contributed by atoms with Gasteiger partial charge in [0.1, 0.15) is 13.2 Å². The van der Waals surface area contributed by atoms with Gasteiger partial charge in [-0.2, -0.15) is 0 Å². The van der Waals surface area contributed by atoms with Gasteiger partial charge in [-0.15, -0.1) is 0 Å². The number of rotatable bonds is 1. The van der Waals surface area contributed by atoms with E-state index in [-0.39, 0.29) is 17.1 Å². The summed E-state index contributed by atoms with van der Waals surface area (Å²) in [5, 5.41) is 0. The molecule has 80 valence electrons. The van der Waals surface area contributed by atoms with E-state index < -0.39 is 5.82 Å². The zero-order valence-electron chi connectivity index (χ0n) is 7.97. The molecule has 0 aliphatic carbocycles. The van der Waals surface area contributed by atoms with E-state index >= 15 is 0 Å². The van der Waals surface area contributed by atoms with Crippen molar-refractivity contribution in [2.24, 2.45) is 0 Å². The molecule has 0 fully saturated rings. The Bertz CT molecular complexity index is 431. The minimum Gasteiger partial charge on any atom is -0.486 e. The summed E-state index contributed by atoms with van der Waals surface area (Å²) in [6.07, 6.45) is 0. The number of hydrogen-bond acceptors (Lipinski definition) is 3. The molecule has 1 aromatic carbocycles. The van der Waals surface area contributed by atoms with Gasteiger partial charge in [-0.25, -0.2) is 4.39 Å². The van der Waals surface area contributed by atoms with Crippen molar-refractivity contribution >= 4 is 21.7 Å².